The summed E-state index contributed by atoms with van der Waals surface area (Å²) in [5.74, 6) is -1.16. The Morgan fingerprint density at radius 1 is 1.38 bits per heavy atom. The highest BCUT2D eigenvalue weighted by Crippen LogP contribution is 2.49. The monoisotopic (exact) mass is 311 g/mol. The first-order chi connectivity index (χ1) is 9.94. The summed E-state index contributed by atoms with van der Waals surface area (Å²) in [5.41, 5.74) is 11.8. The van der Waals surface area contributed by atoms with Crippen molar-refractivity contribution in [2.24, 2.45) is 11.1 Å². The van der Waals surface area contributed by atoms with Crippen molar-refractivity contribution in [2.45, 2.75) is 33.1 Å². The molecule has 1 fully saturated rings. The van der Waals surface area contributed by atoms with Gasteiger partial charge < -0.3 is 21.5 Å². The fourth-order valence-electron chi connectivity index (χ4n) is 2.26. The Kier molecular flexibility index (Phi) is 4.41. The molecule has 7 heteroatoms. The molecule has 1 aromatic rings. The van der Waals surface area contributed by atoms with Crippen molar-refractivity contribution in [1.82, 2.24) is 0 Å². The van der Waals surface area contributed by atoms with Crippen LogP contribution in [-0.4, -0.2) is 25.0 Å². The van der Waals surface area contributed by atoms with Gasteiger partial charge in [0.15, 0.2) is 0 Å². The van der Waals surface area contributed by atoms with Gasteiger partial charge in [0.2, 0.25) is 0 Å². The van der Waals surface area contributed by atoms with Crippen LogP contribution >= 0.6 is 11.3 Å². The SMILES string of the molecule is CCOC(=O)c1c(NCC2(CC)CC2)sc(C(N)=O)c1N. The van der Waals surface area contributed by atoms with Crippen molar-refractivity contribution >= 4 is 33.9 Å². The van der Waals surface area contributed by atoms with Gasteiger partial charge in [-0.1, -0.05) is 6.92 Å². The van der Waals surface area contributed by atoms with Gasteiger partial charge in [-0.3, -0.25) is 4.79 Å². The lowest BCUT2D eigenvalue weighted by atomic mass is 10.0. The number of primary amides is 1. The molecule has 1 aliphatic rings. The van der Waals surface area contributed by atoms with Gasteiger partial charge in [-0.15, -0.1) is 11.3 Å². The average Bonchev–Trinajstić information content (AvgIpc) is 3.14. The van der Waals surface area contributed by atoms with E-state index in [9.17, 15) is 9.59 Å². The minimum absolute atomic E-state index is 0.106. The van der Waals surface area contributed by atoms with E-state index in [0.29, 0.717) is 10.4 Å². The minimum Gasteiger partial charge on any atom is -0.462 e. The number of nitrogens with one attached hydrogen (secondary N) is 1. The van der Waals surface area contributed by atoms with Crippen LogP contribution in [0.2, 0.25) is 0 Å². The van der Waals surface area contributed by atoms with E-state index in [4.69, 9.17) is 16.2 Å². The number of thiophene rings is 1. The second-order valence-corrected chi connectivity index (χ2v) is 6.36. The minimum atomic E-state index is -0.632. The van der Waals surface area contributed by atoms with Crippen LogP contribution < -0.4 is 16.8 Å². The van der Waals surface area contributed by atoms with E-state index in [1.807, 2.05) is 0 Å². The Hall–Kier alpha value is -1.76. The molecule has 0 aliphatic heterocycles. The number of esters is 1. The molecule has 0 saturated heterocycles. The van der Waals surface area contributed by atoms with E-state index in [1.54, 1.807) is 6.92 Å². The molecule has 0 aromatic carbocycles. The summed E-state index contributed by atoms with van der Waals surface area (Å²) >= 11 is 1.12. The van der Waals surface area contributed by atoms with Crippen LogP contribution in [0.4, 0.5) is 10.7 Å². The molecule has 1 amide bonds. The lowest BCUT2D eigenvalue weighted by molar-refractivity contribution is 0.0529. The molecular formula is C14H21N3O3S. The highest BCUT2D eigenvalue weighted by molar-refractivity contribution is 7.19. The molecule has 116 valence electrons. The number of carbonyl (C=O) groups is 2. The second-order valence-electron chi connectivity index (χ2n) is 5.34. The van der Waals surface area contributed by atoms with E-state index >= 15 is 0 Å². The van der Waals surface area contributed by atoms with Crippen LogP contribution in [0.15, 0.2) is 0 Å². The molecule has 1 aromatic heterocycles. The van der Waals surface area contributed by atoms with E-state index in [1.165, 1.54) is 12.8 Å². The van der Waals surface area contributed by atoms with Crippen LogP contribution in [0.25, 0.3) is 0 Å². The predicted molar refractivity (Wildman–Crippen MR) is 83.7 cm³/mol. The van der Waals surface area contributed by atoms with Gasteiger partial charge in [-0.25, -0.2) is 4.79 Å². The number of ether oxygens (including phenoxy) is 1. The summed E-state index contributed by atoms with van der Waals surface area (Å²) in [5, 5.41) is 3.82. The van der Waals surface area contributed by atoms with Crippen molar-refractivity contribution in [2.75, 3.05) is 24.2 Å². The maximum absolute atomic E-state index is 12.0. The van der Waals surface area contributed by atoms with E-state index in [-0.39, 0.29) is 22.7 Å². The molecule has 1 saturated carbocycles. The summed E-state index contributed by atoms with van der Waals surface area (Å²) in [4.78, 5) is 23.7. The molecule has 6 nitrogen and oxygen atoms in total. The molecule has 2 rings (SSSR count). The Morgan fingerprint density at radius 2 is 2.05 bits per heavy atom. The van der Waals surface area contributed by atoms with Gasteiger partial charge in [0, 0.05) is 6.54 Å². The third-order valence-electron chi connectivity index (χ3n) is 3.98. The quantitative estimate of drug-likeness (QED) is 0.669. The normalized spacial score (nSPS) is 15.5. The largest absolute Gasteiger partial charge is 0.462 e. The molecule has 21 heavy (non-hydrogen) atoms. The van der Waals surface area contributed by atoms with Gasteiger partial charge in [0.05, 0.1) is 12.3 Å². The fraction of sp³-hybridized carbons (Fsp3) is 0.571. The van der Waals surface area contributed by atoms with Gasteiger partial charge in [-0.2, -0.15) is 0 Å². The molecule has 0 atom stereocenters. The first kappa shape index (κ1) is 15.6. The average molecular weight is 311 g/mol. The molecule has 0 spiro atoms. The summed E-state index contributed by atoms with van der Waals surface area (Å²) in [6.07, 6.45) is 3.43. The standard InChI is InChI=1S/C14H21N3O3S/c1-3-14(5-6-14)7-17-12-8(13(19)20-4-2)9(15)10(21-12)11(16)18/h17H,3-7,15H2,1-2H3,(H2,16,18). The summed E-state index contributed by atoms with van der Waals surface area (Å²) in [6, 6.07) is 0. The van der Waals surface area contributed by atoms with E-state index in [0.717, 1.165) is 24.3 Å². The fourth-order valence-corrected chi connectivity index (χ4v) is 3.21. The van der Waals surface area contributed by atoms with Crippen molar-refractivity contribution in [3.05, 3.63) is 10.4 Å². The van der Waals surface area contributed by atoms with Crippen LogP contribution in [-0.2, 0) is 4.74 Å². The van der Waals surface area contributed by atoms with Gasteiger partial charge in [0.25, 0.3) is 5.91 Å². The zero-order chi connectivity index (χ0) is 15.6. The zero-order valence-electron chi connectivity index (χ0n) is 12.3. The number of hydrogen-bond donors (Lipinski definition) is 3. The lowest BCUT2D eigenvalue weighted by Gasteiger charge is -2.14. The number of hydrogen-bond acceptors (Lipinski definition) is 6. The van der Waals surface area contributed by atoms with Crippen LogP contribution in [0.3, 0.4) is 0 Å². The Bertz CT molecular complexity index is 564. The summed E-state index contributed by atoms with van der Waals surface area (Å²) in [7, 11) is 0. The Balaban J connectivity index is 2.27. The third kappa shape index (κ3) is 3.12. The molecule has 0 radical (unpaired) electrons. The number of amides is 1. The molecule has 5 N–H and O–H groups in total. The predicted octanol–water partition coefficient (Wildman–Crippen LogP) is 2.21. The third-order valence-corrected chi connectivity index (χ3v) is 5.16. The van der Waals surface area contributed by atoms with Gasteiger partial charge in [0.1, 0.15) is 15.4 Å². The van der Waals surface area contributed by atoms with Crippen LogP contribution in [0.1, 0.15) is 53.1 Å². The van der Waals surface area contributed by atoms with Crippen LogP contribution in [0.5, 0.6) is 0 Å². The van der Waals surface area contributed by atoms with Gasteiger partial charge in [-0.05, 0) is 31.6 Å². The number of anilines is 2. The first-order valence-corrected chi connectivity index (χ1v) is 7.89. The van der Waals surface area contributed by atoms with Crippen molar-refractivity contribution in [3.63, 3.8) is 0 Å². The molecule has 1 heterocycles. The molecule has 0 unspecified atom stereocenters. The maximum Gasteiger partial charge on any atom is 0.343 e. The number of nitrogen functional groups attached to an aromatic ring is 1. The van der Waals surface area contributed by atoms with Crippen molar-refractivity contribution < 1.29 is 14.3 Å². The summed E-state index contributed by atoms with van der Waals surface area (Å²) < 4.78 is 5.01. The van der Waals surface area contributed by atoms with Gasteiger partial charge >= 0.3 is 5.97 Å². The maximum atomic E-state index is 12.0. The van der Waals surface area contributed by atoms with Crippen LogP contribution in [0, 0.1) is 5.41 Å². The molecular weight excluding hydrogens is 290 g/mol. The number of carbonyl (C=O) groups excluding carboxylic acids is 2. The summed E-state index contributed by atoms with van der Waals surface area (Å²) in [6.45, 7) is 4.88. The highest BCUT2D eigenvalue weighted by atomic mass is 32.1. The Morgan fingerprint density at radius 3 is 2.52 bits per heavy atom. The first-order valence-electron chi connectivity index (χ1n) is 7.07. The topological polar surface area (TPSA) is 107 Å². The van der Waals surface area contributed by atoms with Crippen molar-refractivity contribution in [1.29, 1.82) is 0 Å². The number of nitrogens with two attached hydrogens (primary N) is 2. The smallest absolute Gasteiger partial charge is 0.343 e. The van der Waals surface area contributed by atoms with E-state index in [2.05, 4.69) is 12.2 Å². The second kappa shape index (κ2) is 5.93. The zero-order valence-corrected chi connectivity index (χ0v) is 13.1. The van der Waals surface area contributed by atoms with Crippen molar-refractivity contribution in [3.8, 4) is 0 Å². The molecule has 0 bridgehead atoms. The molecule has 1 aliphatic carbocycles. The van der Waals surface area contributed by atoms with E-state index < -0.39 is 11.9 Å². The lowest BCUT2D eigenvalue weighted by Crippen LogP contribution is -2.16. The highest BCUT2D eigenvalue weighted by Gasteiger charge is 2.40. The number of rotatable bonds is 7. The Labute approximate surface area is 127 Å².